The summed E-state index contributed by atoms with van der Waals surface area (Å²) in [6.07, 6.45) is 7.58. The van der Waals surface area contributed by atoms with Gasteiger partial charge in [0.2, 0.25) is 5.88 Å². The smallest absolute Gasteiger partial charge is 0.300 e. The number of methoxy groups -OCH3 is 1. The molecule has 0 unspecified atom stereocenters. The lowest BCUT2D eigenvalue weighted by Crippen LogP contribution is -2.48. The summed E-state index contributed by atoms with van der Waals surface area (Å²) in [7, 11) is 1.60. The molecule has 4 rings (SSSR count). The number of aromatic nitrogens is 4. The summed E-state index contributed by atoms with van der Waals surface area (Å²) in [4.78, 5) is 39.1. The lowest BCUT2D eigenvalue weighted by atomic mass is 9.92. The third kappa shape index (κ3) is 9.13. The van der Waals surface area contributed by atoms with E-state index in [1.807, 2.05) is 21.7 Å². The molecule has 0 bridgehead atoms. The van der Waals surface area contributed by atoms with E-state index in [2.05, 4.69) is 20.2 Å². The van der Waals surface area contributed by atoms with Crippen molar-refractivity contribution in [3.8, 4) is 5.88 Å². The maximum atomic E-state index is 12.8. The number of carboxylic acid groups (broad SMARTS) is 2. The van der Waals surface area contributed by atoms with E-state index in [0.717, 1.165) is 58.3 Å². The van der Waals surface area contributed by atoms with Crippen LogP contribution in [0.25, 0.3) is 0 Å². The van der Waals surface area contributed by atoms with Crippen LogP contribution in [-0.2, 0) is 9.59 Å². The second kappa shape index (κ2) is 14.0. The molecule has 1 aliphatic carbocycles. The molecular weight excluding hydrogens is 470 g/mol. The largest absolute Gasteiger partial charge is 0.481 e. The van der Waals surface area contributed by atoms with Crippen molar-refractivity contribution in [1.29, 1.82) is 0 Å². The van der Waals surface area contributed by atoms with Gasteiger partial charge >= 0.3 is 0 Å². The Kier molecular flexibility index (Phi) is 11.1. The van der Waals surface area contributed by atoms with E-state index in [-0.39, 0.29) is 11.9 Å². The van der Waals surface area contributed by atoms with E-state index < -0.39 is 11.9 Å². The molecule has 1 aliphatic heterocycles. The number of nitrogens with zero attached hydrogens (tertiary/aromatic N) is 6. The number of anilines is 1. The van der Waals surface area contributed by atoms with Crippen LogP contribution in [0.2, 0.25) is 0 Å². The summed E-state index contributed by atoms with van der Waals surface area (Å²) in [6.45, 7) is 4.98. The fourth-order valence-electron chi connectivity index (χ4n) is 3.93. The summed E-state index contributed by atoms with van der Waals surface area (Å²) in [5.41, 5.74) is 7.44. The first kappa shape index (κ1) is 28.5. The number of rotatable bonds is 4. The zero-order valence-corrected chi connectivity index (χ0v) is 20.9. The van der Waals surface area contributed by atoms with E-state index in [1.165, 1.54) is 0 Å². The molecular formula is C23H35N7O6. The number of hydrogen-bond donors (Lipinski definition) is 3. The molecule has 1 saturated heterocycles. The summed E-state index contributed by atoms with van der Waals surface area (Å²) in [5, 5.41) is 23.2. The first-order chi connectivity index (χ1) is 17.1. The van der Waals surface area contributed by atoms with Gasteiger partial charge in [0.05, 0.1) is 31.2 Å². The molecule has 36 heavy (non-hydrogen) atoms. The number of aliphatic carboxylic acids is 2. The Morgan fingerprint density at radius 2 is 1.58 bits per heavy atom. The normalized spacial score (nSPS) is 19.2. The quantitative estimate of drug-likeness (QED) is 0.545. The number of carbonyl (C=O) groups excluding carboxylic acids is 1. The van der Waals surface area contributed by atoms with Crippen LogP contribution in [0.15, 0.2) is 24.5 Å². The van der Waals surface area contributed by atoms with Gasteiger partial charge < -0.3 is 30.5 Å². The van der Waals surface area contributed by atoms with Gasteiger partial charge in [-0.3, -0.25) is 14.4 Å². The van der Waals surface area contributed by atoms with Crippen LogP contribution in [-0.4, -0.2) is 92.3 Å². The van der Waals surface area contributed by atoms with Crippen LogP contribution >= 0.6 is 0 Å². The van der Waals surface area contributed by atoms with Crippen LogP contribution in [0.3, 0.4) is 0 Å². The summed E-state index contributed by atoms with van der Waals surface area (Å²) < 4.78 is 6.95. The number of amides is 1. The summed E-state index contributed by atoms with van der Waals surface area (Å²) >= 11 is 0. The maximum absolute atomic E-state index is 12.8. The number of nitrogens with two attached hydrogens (primary N) is 1. The molecule has 0 spiro atoms. The Balaban J connectivity index is 0.000000501. The summed E-state index contributed by atoms with van der Waals surface area (Å²) in [6, 6.07) is 4.43. The van der Waals surface area contributed by atoms with Crippen molar-refractivity contribution in [1.82, 2.24) is 24.9 Å². The van der Waals surface area contributed by atoms with Gasteiger partial charge in [0.25, 0.3) is 17.8 Å². The molecule has 2 aromatic rings. The van der Waals surface area contributed by atoms with E-state index in [9.17, 15) is 4.79 Å². The maximum Gasteiger partial charge on any atom is 0.300 e. The third-order valence-electron chi connectivity index (χ3n) is 5.71. The lowest BCUT2D eigenvalue weighted by molar-refractivity contribution is -0.135. The number of carboxylic acids is 2. The minimum absolute atomic E-state index is 0.0498. The minimum atomic E-state index is -0.833. The SMILES string of the molecule is CC(=O)O.CC(=O)O.COc1ccc(N2CCN(C(=O)c3cn(C4CCC(N)CC4)nn3)CC2)cn1. The van der Waals surface area contributed by atoms with Crippen LogP contribution in [0.4, 0.5) is 5.69 Å². The second-order valence-electron chi connectivity index (χ2n) is 8.53. The van der Waals surface area contributed by atoms with Gasteiger partial charge in [0.15, 0.2) is 5.69 Å². The molecule has 0 atom stereocenters. The molecule has 2 aliphatic rings. The van der Waals surface area contributed by atoms with Crippen molar-refractivity contribution < 1.29 is 29.3 Å². The van der Waals surface area contributed by atoms with Gasteiger partial charge in [-0.1, -0.05) is 5.21 Å². The van der Waals surface area contributed by atoms with Crippen LogP contribution < -0.4 is 15.4 Å². The molecule has 0 radical (unpaired) electrons. The van der Waals surface area contributed by atoms with Crippen molar-refractivity contribution in [2.24, 2.45) is 5.73 Å². The Morgan fingerprint density at radius 3 is 2.08 bits per heavy atom. The predicted octanol–water partition coefficient (Wildman–Crippen LogP) is 1.27. The molecule has 13 heteroatoms. The number of pyridine rings is 1. The summed E-state index contributed by atoms with van der Waals surface area (Å²) in [5.74, 6) is -1.12. The van der Waals surface area contributed by atoms with Crippen molar-refractivity contribution >= 4 is 23.5 Å². The molecule has 2 fully saturated rings. The van der Waals surface area contributed by atoms with Crippen molar-refractivity contribution in [2.45, 2.75) is 51.6 Å². The zero-order valence-electron chi connectivity index (χ0n) is 20.9. The number of carbonyl (C=O) groups is 3. The van der Waals surface area contributed by atoms with E-state index in [4.69, 9.17) is 30.3 Å². The van der Waals surface area contributed by atoms with Gasteiger partial charge in [0, 0.05) is 52.1 Å². The molecule has 13 nitrogen and oxygen atoms in total. The van der Waals surface area contributed by atoms with Gasteiger partial charge in [-0.2, -0.15) is 0 Å². The van der Waals surface area contributed by atoms with Gasteiger partial charge in [-0.15, -0.1) is 5.10 Å². The van der Waals surface area contributed by atoms with E-state index in [0.29, 0.717) is 30.7 Å². The highest BCUT2D eigenvalue weighted by molar-refractivity contribution is 5.92. The van der Waals surface area contributed by atoms with Crippen molar-refractivity contribution in [2.75, 3.05) is 38.2 Å². The Labute approximate surface area is 209 Å². The highest BCUT2D eigenvalue weighted by atomic mass is 16.5. The minimum Gasteiger partial charge on any atom is -0.481 e. The lowest BCUT2D eigenvalue weighted by Gasteiger charge is -2.35. The number of ether oxygens (including phenoxy) is 1. The molecule has 4 N–H and O–H groups in total. The molecule has 2 aromatic heterocycles. The fourth-order valence-corrected chi connectivity index (χ4v) is 3.93. The highest BCUT2D eigenvalue weighted by Gasteiger charge is 2.26. The fraction of sp³-hybridized carbons (Fsp3) is 0.565. The van der Waals surface area contributed by atoms with Gasteiger partial charge in [-0.25, -0.2) is 9.67 Å². The monoisotopic (exact) mass is 505 g/mol. The molecule has 1 saturated carbocycles. The average Bonchev–Trinajstić information content (AvgIpc) is 3.34. The molecule has 0 aromatic carbocycles. The number of hydrogen-bond acceptors (Lipinski definition) is 9. The highest BCUT2D eigenvalue weighted by Crippen LogP contribution is 2.27. The number of piperazine rings is 1. The Bertz CT molecular complexity index is 961. The van der Waals surface area contributed by atoms with Crippen molar-refractivity contribution in [3.63, 3.8) is 0 Å². The van der Waals surface area contributed by atoms with Crippen molar-refractivity contribution in [3.05, 3.63) is 30.2 Å². The Morgan fingerprint density at radius 1 is 1.00 bits per heavy atom. The van der Waals surface area contributed by atoms with Gasteiger partial charge in [-0.05, 0) is 31.7 Å². The first-order valence-electron chi connectivity index (χ1n) is 11.7. The van der Waals surface area contributed by atoms with Crippen LogP contribution in [0, 0.1) is 0 Å². The molecule has 3 heterocycles. The topological polar surface area (TPSA) is 177 Å². The standard InChI is InChI=1S/C19H27N7O2.2C2H4O2/c1-28-18-7-6-16(12-21-18)24-8-10-25(11-9-24)19(27)17-13-26(23-22-17)15-4-2-14(20)3-5-15;2*1-2(3)4/h6-7,12-15H,2-5,8-11,20H2,1H3;2*1H3,(H,3,4). The average molecular weight is 506 g/mol. The van der Waals surface area contributed by atoms with Crippen LogP contribution in [0.5, 0.6) is 5.88 Å². The third-order valence-corrected chi connectivity index (χ3v) is 5.71. The second-order valence-corrected chi connectivity index (χ2v) is 8.53. The van der Waals surface area contributed by atoms with Crippen LogP contribution in [0.1, 0.15) is 56.1 Å². The van der Waals surface area contributed by atoms with E-state index in [1.54, 1.807) is 19.5 Å². The van der Waals surface area contributed by atoms with E-state index >= 15 is 0 Å². The zero-order chi connectivity index (χ0) is 26.7. The van der Waals surface area contributed by atoms with Gasteiger partial charge in [0.1, 0.15) is 0 Å². The Hall–Kier alpha value is -3.74. The molecule has 1 amide bonds. The first-order valence-corrected chi connectivity index (χ1v) is 11.7. The predicted molar refractivity (Wildman–Crippen MR) is 131 cm³/mol. The molecule has 198 valence electrons.